The van der Waals surface area contributed by atoms with E-state index in [0.717, 1.165) is 44.1 Å². The number of hydrogen-bond acceptors (Lipinski definition) is 4. The van der Waals surface area contributed by atoms with Crippen molar-refractivity contribution in [2.24, 2.45) is 0 Å². The van der Waals surface area contributed by atoms with E-state index in [4.69, 9.17) is 23.5 Å². The molecule has 9 heteroatoms. The fourth-order valence-corrected chi connectivity index (χ4v) is 3.00. The summed E-state index contributed by atoms with van der Waals surface area (Å²) >= 11 is 0. The van der Waals surface area contributed by atoms with E-state index in [0.29, 0.717) is 30.8 Å². The maximum Gasteiger partial charge on any atom is 0 e. The summed E-state index contributed by atoms with van der Waals surface area (Å²) in [6, 6.07) is 3.30. The Morgan fingerprint density at radius 3 is 1.85 bits per heavy atom. The summed E-state index contributed by atoms with van der Waals surface area (Å²) in [6.07, 6.45) is 14.7. The van der Waals surface area contributed by atoms with Crippen molar-refractivity contribution in [3.05, 3.63) is 79.2 Å². The van der Waals surface area contributed by atoms with Gasteiger partial charge >= 0.3 is 39.9 Å². The first-order chi connectivity index (χ1) is 16.1. The van der Waals surface area contributed by atoms with Crippen molar-refractivity contribution < 1.29 is 58.6 Å². The number of ketones is 1. The first kappa shape index (κ1) is 35.9. The second-order valence-corrected chi connectivity index (χ2v) is 6.80. The number of aliphatic carboxylic acids is 1. The molecule has 183 valence electrons. The molecule has 0 fully saturated rings. The number of carboxylic acid groups (broad SMARTS) is 1. The van der Waals surface area contributed by atoms with Crippen LogP contribution in [0, 0.1) is 20.0 Å². The molecule has 0 aliphatic heterocycles. The van der Waals surface area contributed by atoms with Crippen LogP contribution < -0.4 is 5.11 Å². The van der Waals surface area contributed by atoms with Crippen molar-refractivity contribution in [3.63, 3.8) is 0 Å². The van der Waals surface area contributed by atoms with Crippen LogP contribution in [0.3, 0.4) is 0 Å². The Balaban J connectivity index is -0.00000127. The van der Waals surface area contributed by atoms with E-state index in [-0.39, 0.29) is 38.4 Å². The smallest absolute Gasteiger partial charge is 0 e. The summed E-state index contributed by atoms with van der Waals surface area (Å²) in [5.74, 6) is 0.164. The SMILES string of the molecule is O=C(O)CCc1ccc(C(=O)CCCCCCCCC([O-])=C2C=CC=C2)o1.[C-]#[O+].[C-]#[O+].[C-]#[O+].[Re]. The van der Waals surface area contributed by atoms with E-state index in [1.54, 1.807) is 12.1 Å². The molecule has 34 heavy (non-hydrogen) atoms. The van der Waals surface area contributed by atoms with Crippen LogP contribution in [0.15, 0.2) is 52.2 Å². The molecule has 1 N–H and O–H groups in total. The van der Waals surface area contributed by atoms with Crippen molar-refractivity contribution in [2.75, 3.05) is 0 Å². The summed E-state index contributed by atoms with van der Waals surface area (Å²) in [5, 5.41) is 20.5. The largest absolute Gasteiger partial charge is 0 e. The normalized spacial score (nSPS) is 10.2. The molecule has 0 spiro atoms. The minimum Gasteiger partial charge on any atom is 0 e. The standard InChI is InChI=1S/C22H28O5.3CO.Re/c23-19(17-9-7-8-10-17)11-5-3-1-2-4-6-12-20(24)21-15-13-18(27-21)14-16-22(25)26;3*1-2;/h7-10,13,15,23H,1-6,11-12,14,16H2,(H,25,26);;;;/p-1. The van der Waals surface area contributed by atoms with Gasteiger partial charge in [0.2, 0.25) is 0 Å². The van der Waals surface area contributed by atoms with Gasteiger partial charge in [-0.2, -0.15) is 0 Å². The molecule has 1 radical (unpaired) electrons. The molecule has 0 aromatic carbocycles. The quantitative estimate of drug-likeness (QED) is 0.112. The van der Waals surface area contributed by atoms with E-state index in [1.807, 2.05) is 24.3 Å². The van der Waals surface area contributed by atoms with Crippen molar-refractivity contribution in [1.82, 2.24) is 0 Å². The summed E-state index contributed by atoms with van der Waals surface area (Å²) < 4.78 is 27.9. The molecule has 0 unspecified atom stereocenters. The van der Waals surface area contributed by atoms with E-state index in [1.165, 1.54) is 0 Å². The van der Waals surface area contributed by atoms with E-state index in [9.17, 15) is 14.7 Å². The second-order valence-electron chi connectivity index (χ2n) is 6.80. The summed E-state index contributed by atoms with van der Waals surface area (Å²) in [6.45, 7) is 13.5. The Hall–Kier alpha value is -2.68. The first-order valence-electron chi connectivity index (χ1n) is 10.3. The Bertz CT molecular complexity index is 827. The molecule has 1 heterocycles. The molecule has 2 rings (SSSR count). The van der Waals surface area contributed by atoms with Gasteiger partial charge in [0.05, 0.1) is 6.42 Å². The van der Waals surface area contributed by atoms with Crippen LogP contribution in [0.25, 0.3) is 0 Å². The summed E-state index contributed by atoms with van der Waals surface area (Å²) in [5.41, 5.74) is 0.803. The van der Waals surface area contributed by atoms with Gasteiger partial charge in [-0.25, -0.2) is 0 Å². The molecule has 0 bridgehead atoms. The van der Waals surface area contributed by atoms with Crippen molar-refractivity contribution in [1.29, 1.82) is 0 Å². The van der Waals surface area contributed by atoms with E-state index >= 15 is 0 Å². The molecule has 0 atom stereocenters. The van der Waals surface area contributed by atoms with Gasteiger partial charge in [-0.3, -0.25) is 9.59 Å². The number of carbonyl (C=O) groups is 2. The second kappa shape index (κ2) is 25.0. The fourth-order valence-electron chi connectivity index (χ4n) is 3.00. The molecule has 1 aromatic rings. The number of rotatable bonds is 13. The Morgan fingerprint density at radius 2 is 1.32 bits per heavy atom. The van der Waals surface area contributed by atoms with Gasteiger partial charge in [0.1, 0.15) is 5.76 Å². The number of furan rings is 1. The Morgan fingerprint density at radius 1 is 0.824 bits per heavy atom. The third-order valence-electron chi connectivity index (χ3n) is 4.56. The molecule has 1 aliphatic rings. The number of hydrogen-bond donors (Lipinski definition) is 1. The predicted molar refractivity (Wildman–Crippen MR) is 113 cm³/mol. The number of carboxylic acids is 1. The van der Waals surface area contributed by atoms with Crippen LogP contribution in [-0.2, 0) is 45.6 Å². The van der Waals surface area contributed by atoms with E-state index in [2.05, 4.69) is 20.0 Å². The van der Waals surface area contributed by atoms with Crippen LogP contribution in [0.2, 0.25) is 0 Å². The number of unbranched alkanes of at least 4 members (excludes halogenated alkanes) is 5. The van der Waals surface area contributed by atoms with Crippen LogP contribution in [0.5, 0.6) is 0 Å². The zero-order chi connectivity index (χ0) is 25.5. The maximum atomic E-state index is 12.1. The predicted octanol–water partition coefficient (Wildman–Crippen LogP) is 4.23. The Labute approximate surface area is 213 Å². The van der Waals surface area contributed by atoms with Crippen LogP contribution in [-0.4, -0.2) is 16.9 Å². The molecule has 8 nitrogen and oxygen atoms in total. The first-order valence-corrected chi connectivity index (χ1v) is 10.3. The molecular formula is C25H27O8Re-. The van der Waals surface area contributed by atoms with Gasteiger partial charge < -0.3 is 14.6 Å². The number of allylic oxidation sites excluding steroid dienone is 6. The topological polar surface area (TPSA) is 150 Å². The monoisotopic (exact) mass is 642 g/mol. The number of aryl methyl sites for hydroxylation is 1. The van der Waals surface area contributed by atoms with Crippen molar-refractivity contribution >= 4 is 11.8 Å². The van der Waals surface area contributed by atoms with Crippen LogP contribution in [0.1, 0.15) is 74.1 Å². The molecule has 0 amide bonds. The third kappa shape index (κ3) is 16.9. The third-order valence-corrected chi connectivity index (χ3v) is 4.56. The summed E-state index contributed by atoms with van der Waals surface area (Å²) in [4.78, 5) is 22.6. The Kier molecular flexibility index (Phi) is 26.4. The number of carbonyl (C=O) groups excluding carboxylic acids is 1. The molecule has 0 saturated heterocycles. The minimum atomic E-state index is -0.880. The van der Waals surface area contributed by atoms with Gasteiger partial charge in [0.25, 0.3) is 0 Å². The van der Waals surface area contributed by atoms with Gasteiger partial charge in [-0.05, 0) is 30.5 Å². The van der Waals surface area contributed by atoms with Crippen molar-refractivity contribution in [3.8, 4) is 0 Å². The molecule has 1 aliphatic carbocycles. The maximum absolute atomic E-state index is 12.1. The van der Waals surface area contributed by atoms with Crippen LogP contribution in [0.4, 0.5) is 0 Å². The van der Waals surface area contributed by atoms with Crippen molar-refractivity contribution in [2.45, 2.75) is 64.2 Å². The zero-order valence-electron chi connectivity index (χ0n) is 18.7. The van der Waals surface area contributed by atoms with Gasteiger partial charge in [-0.15, -0.1) is 5.76 Å². The minimum absolute atomic E-state index is 0. The molecular weight excluding hydrogens is 614 g/mol. The summed E-state index contributed by atoms with van der Waals surface area (Å²) in [7, 11) is 0. The number of Topliss-reactive ketones (excluding diaryl/α,β-unsaturated/α-hetero) is 1. The van der Waals surface area contributed by atoms with Crippen LogP contribution >= 0.6 is 0 Å². The zero-order valence-corrected chi connectivity index (χ0v) is 21.4. The van der Waals surface area contributed by atoms with Gasteiger partial charge in [0, 0.05) is 33.3 Å². The average molecular weight is 642 g/mol. The molecule has 0 saturated carbocycles. The average Bonchev–Trinajstić information content (AvgIpc) is 3.56. The fraction of sp³-hybridized carbons (Fsp3) is 0.400. The van der Waals surface area contributed by atoms with E-state index < -0.39 is 5.97 Å². The molecule has 1 aromatic heterocycles. The van der Waals surface area contributed by atoms with Gasteiger partial charge in [0.15, 0.2) is 11.5 Å². The van der Waals surface area contributed by atoms with Gasteiger partial charge in [-0.1, -0.05) is 56.4 Å².